The summed E-state index contributed by atoms with van der Waals surface area (Å²) in [5, 5.41) is 10.4. The fourth-order valence-electron chi connectivity index (χ4n) is 2.98. The number of nitrogens with zero attached hydrogens (tertiary/aromatic N) is 3. The Morgan fingerprint density at radius 2 is 1.97 bits per heavy atom. The van der Waals surface area contributed by atoms with Crippen LogP contribution >= 0.6 is 23.8 Å². The van der Waals surface area contributed by atoms with E-state index >= 15 is 0 Å². The lowest BCUT2D eigenvalue weighted by Crippen LogP contribution is -2.22. The molecule has 0 radical (unpaired) electrons. The van der Waals surface area contributed by atoms with Crippen molar-refractivity contribution in [2.75, 3.05) is 10.6 Å². The Balaban J connectivity index is 1.78. The van der Waals surface area contributed by atoms with Crippen molar-refractivity contribution in [3.05, 3.63) is 82.4 Å². The van der Waals surface area contributed by atoms with Crippen molar-refractivity contribution in [3.63, 3.8) is 0 Å². The van der Waals surface area contributed by atoms with Crippen molar-refractivity contribution in [2.24, 2.45) is 0 Å². The van der Waals surface area contributed by atoms with E-state index < -0.39 is 17.6 Å². The number of alkyl halides is 3. The van der Waals surface area contributed by atoms with Crippen LogP contribution in [0.15, 0.2) is 61.2 Å². The molecule has 0 saturated carbocycles. The fourth-order valence-corrected chi connectivity index (χ4v) is 3.45. The molecule has 0 atom stereocenters. The van der Waals surface area contributed by atoms with E-state index in [9.17, 15) is 18.0 Å². The minimum Gasteiger partial charge on any atom is -0.378 e. The molecule has 11 heteroatoms. The summed E-state index contributed by atoms with van der Waals surface area (Å²) >= 11 is 11.4. The third kappa shape index (κ3) is 5.77. The summed E-state index contributed by atoms with van der Waals surface area (Å²) in [7, 11) is 0. The van der Waals surface area contributed by atoms with Crippen LogP contribution in [0.3, 0.4) is 0 Å². The third-order valence-electron chi connectivity index (χ3n) is 4.39. The number of carbonyl (C=O) groups is 1. The second-order valence-electron chi connectivity index (χ2n) is 6.71. The largest absolute Gasteiger partial charge is 0.418 e. The first-order chi connectivity index (χ1) is 15.2. The van der Waals surface area contributed by atoms with Gasteiger partial charge in [-0.3, -0.25) is 9.36 Å². The van der Waals surface area contributed by atoms with Gasteiger partial charge in [0.1, 0.15) is 6.54 Å². The van der Waals surface area contributed by atoms with E-state index in [1.165, 1.54) is 22.9 Å². The molecular formula is C21H19ClF3N5OS. The Morgan fingerprint density at radius 3 is 2.66 bits per heavy atom. The van der Waals surface area contributed by atoms with Gasteiger partial charge in [-0.05, 0) is 42.5 Å². The standard InChI is InChI=1S/C21H19ClF3N5OS/c1-2-10-29-18(12-26-15-7-5-6-14(22)11-15)28-30(20(29)32)13-19(31)27-17-9-4-3-8-16(17)21(23,24)25/h2-9,11,26H,1,10,12-13H2,(H,27,31). The second kappa shape index (κ2) is 10.0. The minimum atomic E-state index is -4.59. The summed E-state index contributed by atoms with van der Waals surface area (Å²) in [4.78, 5) is 12.5. The van der Waals surface area contributed by atoms with Crippen molar-refractivity contribution in [3.8, 4) is 0 Å². The fraction of sp³-hybridized carbons (Fsp3) is 0.190. The summed E-state index contributed by atoms with van der Waals surface area (Å²) in [6, 6.07) is 11.9. The van der Waals surface area contributed by atoms with E-state index in [0.29, 0.717) is 17.4 Å². The van der Waals surface area contributed by atoms with E-state index in [4.69, 9.17) is 23.8 Å². The molecule has 6 nitrogen and oxygen atoms in total. The van der Waals surface area contributed by atoms with Crippen molar-refractivity contribution in [1.29, 1.82) is 0 Å². The van der Waals surface area contributed by atoms with Gasteiger partial charge in [0.15, 0.2) is 10.6 Å². The second-order valence-corrected chi connectivity index (χ2v) is 7.51. The molecule has 1 aromatic heterocycles. The van der Waals surface area contributed by atoms with E-state index in [1.54, 1.807) is 28.8 Å². The van der Waals surface area contributed by atoms with E-state index in [-0.39, 0.29) is 23.5 Å². The summed E-state index contributed by atoms with van der Waals surface area (Å²) < 4.78 is 42.7. The number of benzene rings is 2. The highest BCUT2D eigenvalue weighted by molar-refractivity contribution is 7.71. The van der Waals surface area contributed by atoms with Crippen molar-refractivity contribution < 1.29 is 18.0 Å². The maximum absolute atomic E-state index is 13.2. The number of hydrogen-bond acceptors (Lipinski definition) is 4. The number of allylic oxidation sites excluding steroid dienone is 1. The van der Waals surface area contributed by atoms with Crippen molar-refractivity contribution in [1.82, 2.24) is 14.3 Å². The lowest BCUT2D eigenvalue weighted by Gasteiger charge is -2.13. The first kappa shape index (κ1) is 23.6. The van der Waals surface area contributed by atoms with Crippen LogP contribution in [0, 0.1) is 4.77 Å². The van der Waals surface area contributed by atoms with Crippen LogP contribution in [0.25, 0.3) is 0 Å². The van der Waals surface area contributed by atoms with Gasteiger partial charge in [0.05, 0.1) is 17.8 Å². The number of halogens is 4. The summed E-state index contributed by atoms with van der Waals surface area (Å²) in [5.41, 5.74) is -0.491. The molecule has 0 spiro atoms. The number of aromatic nitrogens is 3. The Bertz CT molecular complexity index is 1190. The van der Waals surface area contributed by atoms with Crippen LogP contribution in [-0.2, 0) is 30.6 Å². The SMILES string of the molecule is C=CCn1c(CNc2cccc(Cl)c2)nn(CC(=O)Nc2ccccc2C(F)(F)F)c1=S. The van der Waals surface area contributed by atoms with Crippen LogP contribution in [0.2, 0.25) is 5.02 Å². The van der Waals surface area contributed by atoms with Gasteiger partial charge in [0.25, 0.3) is 0 Å². The van der Waals surface area contributed by atoms with Gasteiger partial charge in [-0.25, -0.2) is 4.68 Å². The van der Waals surface area contributed by atoms with Gasteiger partial charge < -0.3 is 10.6 Å². The normalized spacial score (nSPS) is 11.2. The van der Waals surface area contributed by atoms with Crippen molar-refractivity contribution >= 4 is 41.1 Å². The van der Waals surface area contributed by atoms with Gasteiger partial charge >= 0.3 is 6.18 Å². The number of rotatable bonds is 8. The monoisotopic (exact) mass is 481 g/mol. The van der Waals surface area contributed by atoms with E-state index in [2.05, 4.69) is 22.3 Å². The Labute approximate surface area is 192 Å². The highest BCUT2D eigenvalue weighted by Crippen LogP contribution is 2.34. The number of nitrogens with one attached hydrogen (secondary N) is 2. The maximum Gasteiger partial charge on any atom is 0.418 e. The number of anilines is 2. The van der Waals surface area contributed by atoms with Gasteiger partial charge in [-0.15, -0.1) is 6.58 Å². The average molecular weight is 482 g/mol. The zero-order chi connectivity index (χ0) is 23.3. The molecule has 0 bridgehead atoms. The van der Waals surface area contributed by atoms with E-state index in [0.717, 1.165) is 11.8 Å². The van der Waals surface area contributed by atoms with Crippen molar-refractivity contribution in [2.45, 2.75) is 25.8 Å². The molecule has 32 heavy (non-hydrogen) atoms. The Morgan fingerprint density at radius 1 is 1.22 bits per heavy atom. The topological polar surface area (TPSA) is 63.9 Å². The molecule has 2 N–H and O–H groups in total. The van der Waals surface area contributed by atoms with Crippen LogP contribution in [0.5, 0.6) is 0 Å². The first-order valence-corrected chi connectivity index (χ1v) is 10.2. The van der Waals surface area contributed by atoms with E-state index in [1.807, 2.05) is 6.07 Å². The zero-order valence-corrected chi connectivity index (χ0v) is 18.3. The van der Waals surface area contributed by atoms with Gasteiger partial charge in [0, 0.05) is 17.3 Å². The number of para-hydroxylation sites is 1. The molecule has 1 heterocycles. The maximum atomic E-state index is 13.2. The first-order valence-electron chi connectivity index (χ1n) is 9.42. The summed E-state index contributed by atoms with van der Waals surface area (Å²) in [6.07, 6.45) is -2.96. The molecule has 3 rings (SSSR count). The number of carbonyl (C=O) groups excluding carboxylic acids is 1. The summed E-state index contributed by atoms with van der Waals surface area (Å²) in [6.45, 7) is 3.98. The zero-order valence-electron chi connectivity index (χ0n) is 16.7. The van der Waals surface area contributed by atoms with Gasteiger partial charge in [0.2, 0.25) is 5.91 Å². The highest BCUT2D eigenvalue weighted by atomic mass is 35.5. The van der Waals surface area contributed by atoms with Crippen LogP contribution in [-0.4, -0.2) is 20.3 Å². The lowest BCUT2D eigenvalue weighted by atomic mass is 10.1. The molecule has 2 aromatic carbocycles. The molecular weight excluding hydrogens is 463 g/mol. The van der Waals surface area contributed by atoms with Crippen LogP contribution in [0.4, 0.5) is 24.5 Å². The quantitative estimate of drug-likeness (QED) is 0.328. The predicted octanol–water partition coefficient (Wildman–Crippen LogP) is 5.52. The van der Waals surface area contributed by atoms with Gasteiger partial charge in [-0.2, -0.15) is 18.3 Å². The predicted molar refractivity (Wildman–Crippen MR) is 120 cm³/mol. The number of amides is 1. The third-order valence-corrected chi connectivity index (χ3v) is 5.05. The van der Waals surface area contributed by atoms with Crippen LogP contribution < -0.4 is 10.6 Å². The molecule has 3 aromatic rings. The Hall–Kier alpha value is -3.11. The molecule has 0 aliphatic rings. The molecule has 0 aliphatic carbocycles. The van der Waals surface area contributed by atoms with Gasteiger partial charge in [-0.1, -0.05) is 35.9 Å². The smallest absolute Gasteiger partial charge is 0.378 e. The number of hydrogen-bond donors (Lipinski definition) is 2. The molecule has 0 fully saturated rings. The Kier molecular flexibility index (Phi) is 7.37. The molecule has 0 saturated heterocycles. The average Bonchev–Trinajstić information content (AvgIpc) is 3.01. The summed E-state index contributed by atoms with van der Waals surface area (Å²) in [5.74, 6) is -0.159. The molecule has 0 unspecified atom stereocenters. The van der Waals surface area contributed by atoms with Crippen LogP contribution in [0.1, 0.15) is 11.4 Å². The lowest BCUT2D eigenvalue weighted by molar-refractivity contribution is -0.137. The molecule has 1 amide bonds. The minimum absolute atomic E-state index is 0.243. The molecule has 168 valence electrons. The molecule has 0 aliphatic heterocycles. The highest BCUT2D eigenvalue weighted by Gasteiger charge is 2.33.